The van der Waals surface area contributed by atoms with Crippen LogP contribution >= 0.6 is 0 Å². The Morgan fingerprint density at radius 3 is 2.11 bits per heavy atom. The highest BCUT2D eigenvalue weighted by atomic mass is 16.5. The van der Waals surface area contributed by atoms with Gasteiger partial charge in [0.05, 0.1) is 5.92 Å². The lowest BCUT2D eigenvalue weighted by Crippen LogP contribution is -2.56. The van der Waals surface area contributed by atoms with Crippen LogP contribution in [-0.2, 0) is 14.3 Å². The van der Waals surface area contributed by atoms with Gasteiger partial charge in [0.25, 0.3) is 0 Å². The molecule has 3 aliphatic rings. The first-order chi connectivity index (χ1) is 17.0. The lowest BCUT2D eigenvalue weighted by Gasteiger charge is -2.36. The molecular formula is C28H32N2O5. The number of aliphatic carboxylic acids is 1. The highest BCUT2D eigenvalue weighted by Gasteiger charge is 2.38. The highest BCUT2D eigenvalue weighted by molar-refractivity contribution is 5.87. The maximum Gasteiger partial charge on any atom is 0.407 e. The van der Waals surface area contributed by atoms with Gasteiger partial charge in [0.15, 0.2) is 0 Å². The van der Waals surface area contributed by atoms with Crippen LogP contribution in [0.5, 0.6) is 0 Å². The molecule has 35 heavy (non-hydrogen) atoms. The standard InChI is InChI=1S/C28H32N2O5/c31-26(29-24-15-6-5-14-22(24)27(32)33)25(17-8-7-9-17)30-28(34)35-16-23-20-12-3-1-10-18(20)19-11-2-4-13-21(19)23/h1-4,10-13,17,22-25H,5-9,14-16H2,(H,29,31)(H,30,34)(H,32,33)/t22-,24+,25?/m0/s1. The molecule has 5 rings (SSSR count). The molecule has 7 nitrogen and oxygen atoms in total. The van der Waals surface area contributed by atoms with Crippen molar-refractivity contribution in [3.05, 3.63) is 59.7 Å². The van der Waals surface area contributed by atoms with E-state index in [1.54, 1.807) is 0 Å². The molecule has 2 fully saturated rings. The number of hydrogen-bond donors (Lipinski definition) is 3. The molecular weight excluding hydrogens is 444 g/mol. The smallest absolute Gasteiger partial charge is 0.407 e. The van der Waals surface area contributed by atoms with Gasteiger partial charge in [-0.05, 0) is 53.9 Å². The number of fused-ring (bicyclic) bond motifs is 3. The number of rotatable bonds is 7. The molecule has 3 aliphatic carbocycles. The number of carbonyl (C=O) groups is 3. The molecule has 0 bridgehead atoms. The first-order valence-electron chi connectivity index (χ1n) is 12.7. The molecule has 3 N–H and O–H groups in total. The van der Waals surface area contributed by atoms with Crippen molar-refractivity contribution in [3.8, 4) is 11.1 Å². The molecule has 0 aliphatic heterocycles. The topological polar surface area (TPSA) is 105 Å². The molecule has 2 amide bonds. The third-order valence-electron chi connectivity index (χ3n) is 7.93. The largest absolute Gasteiger partial charge is 0.481 e. The minimum absolute atomic E-state index is 0.0438. The van der Waals surface area contributed by atoms with Crippen LogP contribution in [0.1, 0.15) is 62.0 Å². The number of carboxylic acids is 1. The minimum atomic E-state index is -0.875. The normalized spacial score (nSPS) is 22.3. The van der Waals surface area contributed by atoms with Gasteiger partial charge in [-0.2, -0.15) is 0 Å². The minimum Gasteiger partial charge on any atom is -0.481 e. The Balaban J connectivity index is 1.24. The maximum atomic E-state index is 13.2. The van der Waals surface area contributed by atoms with E-state index in [2.05, 4.69) is 34.9 Å². The molecule has 7 heteroatoms. The lowest BCUT2D eigenvalue weighted by atomic mass is 9.78. The first kappa shape index (κ1) is 23.4. The summed E-state index contributed by atoms with van der Waals surface area (Å²) in [7, 11) is 0. The Hall–Kier alpha value is -3.35. The van der Waals surface area contributed by atoms with Crippen LogP contribution in [0.25, 0.3) is 11.1 Å². The van der Waals surface area contributed by atoms with Gasteiger partial charge in [0.1, 0.15) is 12.6 Å². The van der Waals surface area contributed by atoms with Crippen molar-refractivity contribution < 1.29 is 24.2 Å². The number of alkyl carbamates (subject to hydrolysis) is 1. The van der Waals surface area contributed by atoms with E-state index in [4.69, 9.17) is 4.74 Å². The Morgan fingerprint density at radius 2 is 1.51 bits per heavy atom. The number of benzene rings is 2. The summed E-state index contributed by atoms with van der Waals surface area (Å²) >= 11 is 0. The Labute approximate surface area is 205 Å². The predicted molar refractivity (Wildman–Crippen MR) is 131 cm³/mol. The van der Waals surface area contributed by atoms with Gasteiger partial charge in [-0.3, -0.25) is 9.59 Å². The first-order valence-corrected chi connectivity index (χ1v) is 12.7. The molecule has 0 heterocycles. The molecule has 0 radical (unpaired) electrons. The summed E-state index contributed by atoms with van der Waals surface area (Å²) in [4.78, 5) is 37.6. The number of ether oxygens (including phenoxy) is 1. The Morgan fingerprint density at radius 1 is 0.886 bits per heavy atom. The summed E-state index contributed by atoms with van der Waals surface area (Å²) in [5.74, 6) is -1.77. The van der Waals surface area contributed by atoms with E-state index in [9.17, 15) is 19.5 Å². The second-order valence-electron chi connectivity index (χ2n) is 9.98. The van der Waals surface area contributed by atoms with Crippen LogP contribution in [0, 0.1) is 11.8 Å². The zero-order chi connectivity index (χ0) is 24.4. The molecule has 2 aromatic carbocycles. The number of carbonyl (C=O) groups excluding carboxylic acids is 2. The monoisotopic (exact) mass is 476 g/mol. The fourth-order valence-corrected chi connectivity index (χ4v) is 5.81. The summed E-state index contributed by atoms with van der Waals surface area (Å²) in [6, 6.07) is 15.2. The average molecular weight is 477 g/mol. The zero-order valence-corrected chi connectivity index (χ0v) is 19.7. The van der Waals surface area contributed by atoms with Crippen molar-refractivity contribution in [1.29, 1.82) is 0 Å². The van der Waals surface area contributed by atoms with E-state index in [-0.39, 0.29) is 24.3 Å². The number of amides is 2. The second kappa shape index (κ2) is 10.1. The molecule has 0 saturated heterocycles. The van der Waals surface area contributed by atoms with Crippen LogP contribution in [0.4, 0.5) is 4.79 Å². The number of nitrogens with one attached hydrogen (secondary N) is 2. The Bertz CT molecular complexity index is 1070. The lowest BCUT2D eigenvalue weighted by molar-refractivity contribution is -0.144. The zero-order valence-electron chi connectivity index (χ0n) is 19.7. The average Bonchev–Trinajstić information content (AvgIpc) is 3.15. The molecule has 184 valence electrons. The molecule has 0 spiro atoms. The van der Waals surface area contributed by atoms with Gasteiger partial charge in [0.2, 0.25) is 5.91 Å². The summed E-state index contributed by atoms with van der Waals surface area (Å²) < 4.78 is 5.66. The van der Waals surface area contributed by atoms with E-state index < -0.39 is 30.1 Å². The van der Waals surface area contributed by atoms with Crippen molar-refractivity contribution in [2.45, 2.75) is 62.9 Å². The molecule has 2 saturated carbocycles. The van der Waals surface area contributed by atoms with Crippen LogP contribution in [0.15, 0.2) is 48.5 Å². The summed E-state index contributed by atoms with van der Waals surface area (Å²) in [6.45, 7) is 0.183. The summed E-state index contributed by atoms with van der Waals surface area (Å²) in [6.07, 6.45) is 5.07. The molecule has 0 aromatic heterocycles. The SMILES string of the molecule is O=C(NC(C(=O)N[C@@H]1CCCC[C@@H]1C(=O)O)C1CCC1)OCC1c2ccccc2-c2ccccc21. The van der Waals surface area contributed by atoms with Gasteiger partial charge in [-0.1, -0.05) is 67.8 Å². The van der Waals surface area contributed by atoms with Crippen LogP contribution in [-0.4, -0.2) is 41.8 Å². The van der Waals surface area contributed by atoms with Gasteiger partial charge in [-0.15, -0.1) is 0 Å². The van der Waals surface area contributed by atoms with Crippen molar-refractivity contribution in [2.24, 2.45) is 11.8 Å². The number of hydrogen-bond acceptors (Lipinski definition) is 4. The van der Waals surface area contributed by atoms with E-state index in [1.165, 1.54) is 0 Å². The second-order valence-corrected chi connectivity index (χ2v) is 9.98. The van der Waals surface area contributed by atoms with Gasteiger partial charge >= 0.3 is 12.1 Å². The van der Waals surface area contributed by atoms with Crippen molar-refractivity contribution in [3.63, 3.8) is 0 Å². The van der Waals surface area contributed by atoms with E-state index >= 15 is 0 Å². The van der Waals surface area contributed by atoms with E-state index in [0.29, 0.717) is 12.8 Å². The quantitative estimate of drug-likeness (QED) is 0.548. The molecule has 1 unspecified atom stereocenters. The van der Waals surface area contributed by atoms with Crippen molar-refractivity contribution >= 4 is 18.0 Å². The van der Waals surface area contributed by atoms with E-state index in [1.807, 2.05) is 24.3 Å². The van der Waals surface area contributed by atoms with E-state index in [0.717, 1.165) is 54.4 Å². The Kier molecular flexibility index (Phi) is 6.75. The highest BCUT2D eigenvalue weighted by Crippen LogP contribution is 2.44. The third kappa shape index (κ3) is 4.77. The van der Waals surface area contributed by atoms with Crippen LogP contribution in [0.2, 0.25) is 0 Å². The van der Waals surface area contributed by atoms with Gasteiger partial charge in [0, 0.05) is 12.0 Å². The van der Waals surface area contributed by atoms with Crippen molar-refractivity contribution in [1.82, 2.24) is 10.6 Å². The maximum absolute atomic E-state index is 13.2. The van der Waals surface area contributed by atoms with Crippen LogP contribution in [0.3, 0.4) is 0 Å². The fraction of sp³-hybridized carbons (Fsp3) is 0.464. The predicted octanol–water partition coefficient (Wildman–Crippen LogP) is 4.45. The fourth-order valence-electron chi connectivity index (χ4n) is 5.81. The summed E-state index contributed by atoms with van der Waals surface area (Å²) in [5.41, 5.74) is 4.58. The summed E-state index contributed by atoms with van der Waals surface area (Å²) in [5, 5.41) is 15.3. The number of carboxylic acid groups (broad SMARTS) is 1. The van der Waals surface area contributed by atoms with Gasteiger partial charge in [-0.25, -0.2) is 4.79 Å². The molecule has 2 aromatic rings. The molecule has 3 atom stereocenters. The van der Waals surface area contributed by atoms with Crippen LogP contribution < -0.4 is 10.6 Å². The van der Waals surface area contributed by atoms with Crippen molar-refractivity contribution in [2.75, 3.05) is 6.61 Å². The third-order valence-corrected chi connectivity index (χ3v) is 7.93. The van der Waals surface area contributed by atoms with Gasteiger partial charge < -0.3 is 20.5 Å².